The zero-order valence-corrected chi connectivity index (χ0v) is 28.3. The summed E-state index contributed by atoms with van der Waals surface area (Å²) in [5, 5.41) is 12.6. The lowest BCUT2D eigenvalue weighted by molar-refractivity contribution is -0.283. The zero-order valence-electron chi connectivity index (χ0n) is 27.5. The van der Waals surface area contributed by atoms with Crippen molar-refractivity contribution in [1.82, 2.24) is 15.2 Å². The Morgan fingerprint density at radius 2 is 1.83 bits per heavy atom. The topological polar surface area (TPSA) is 138 Å². The summed E-state index contributed by atoms with van der Waals surface area (Å²) in [6, 6.07) is -1.46. The van der Waals surface area contributed by atoms with Crippen LogP contribution in [0.4, 0.5) is 13.2 Å². The number of carbonyl (C=O) groups is 4. The molecular weight excluding hydrogens is 639 g/mol. The Bertz CT molecular complexity index is 1350. The first kappa shape index (κ1) is 41.0. The molecule has 0 saturated carbocycles. The number of hydrogen-bond donors (Lipinski definition) is 1. The molecule has 14 heteroatoms. The molecule has 1 aromatic heterocycles. The van der Waals surface area contributed by atoms with E-state index in [0.717, 1.165) is 23.3 Å². The molecule has 260 valence electrons. The smallest absolute Gasteiger partial charge is 0.471 e. The monoisotopic (exact) mass is 682 g/mol. The van der Waals surface area contributed by atoms with Crippen LogP contribution in [0.2, 0.25) is 0 Å². The zero-order chi connectivity index (χ0) is 35.6. The van der Waals surface area contributed by atoms with Gasteiger partial charge in [0.2, 0.25) is 0 Å². The highest BCUT2D eigenvalue weighted by atomic mass is 32.1. The van der Waals surface area contributed by atoms with Crippen molar-refractivity contribution in [3.8, 4) is 0 Å². The molecule has 0 spiro atoms. The molecule has 10 nitrogen and oxygen atoms in total. The van der Waals surface area contributed by atoms with Gasteiger partial charge in [-0.2, -0.15) is 13.2 Å². The largest absolute Gasteiger partial charge is 0.554 e. The Balaban J connectivity index is 0.00000354. The molecule has 2 rings (SSSR count). The summed E-state index contributed by atoms with van der Waals surface area (Å²) in [6.07, 6.45) is 7.18. The number of esters is 2. The molecule has 2 heterocycles. The predicted molar refractivity (Wildman–Crippen MR) is 171 cm³/mol. The lowest BCUT2D eigenvalue weighted by atomic mass is 10.1. The quantitative estimate of drug-likeness (QED) is 0.266. The summed E-state index contributed by atoms with van der Waals surface area (Å²) in [5.74, 6) is -3.68. The minimum atomic E-state index is -5.13. The van der Waals surface area contributed by atoms with Gasteiger partial charge in [0, 0.05) is 37.3 Å². The number of rotatable bonds is 6. The van der Waals surface area contributed by atoms with E-state index in [1.165, 1.54) is 23.5 Å². The van der Waals surface area contributed by atoms with E-state index in [-0.39, 0.29) is 19.3 Å². The number of allylic oxidation sites excluding steroid dienone is 6. The lowest BCUT2D eigenvalue weighted by Crippen LogP contribution is -2.48. The molecule has 0 fully saturated rings. The number of carbonyl (C=O) groups excluding carboxylic acids is 4. The van der Waals surface area contributed by atoms with Crippen LogP contribution < -0.4 is 10.4 Å². The van der Waals surface area contributed by atoms with Crippen molar-refractivity contribution in [2.75, 3.05) is 20.6 Å². The highest BCUT2D eigenvalue weighted by molar-refractivity contribution is 7.09. The van der Waals surface area contributed by atoms with Crippen LogP contribution in [0.25, 0.3) is 0 Å². The van der Waals surface area contributed by atoms with Crippen molar-refractivity contribution in [3.63, 3.8) is 0 Å². The van der Waals surface area contributed by atoms with Crippen molar-refractivity contribution in [1.29, 1.82) is 0 Å². The van der Waals surface area contributed by atoms with Crippen molar-refractivity contribution >= 4 is 35.7 Å². The second-order valence-electron chi connectivity index (χ2n) is 11.2. The second kappa shape index (κ2) is 21.0. The number of amides is 1. The molecule has 1 N–H and O–H groups in total. The Hall–Kier alpha value is -4.04. The third kappa shape index (κ3) is 18.0. The molecule has 1 amide bonds. The number of thiazole rings is 1. The normalized spacial score (nSPS) is 22.8. The van der Waals surface area contributed by atoms with E-state index in [2.05, 4.69) is 16.0 Å². The first-order valence-corrected chi connectivity index (χ1v) is 15.7. The summed E-state index contributed by atoms with van der Waals surface area (Å²) in [7, 11) is 3.99. The van der Waals surface area contributed by atoms with E-state index >= 15 is 0 Å². The van der Waals surface area contributed by atoms with Gasteiger partial charge in [-0.1, -0.05) is 47.1 Å². The van der Waals surface area contributed by atoms with E-state index < -0.39 is 48.7 Å². The van der Waals surface area contributed by atoms with Gasteiger partial charge in [-0.3, -0.25) is 4.79 Å². The Morgan fingerprint density at radius 3 is 2.47 bits per heavy atom. The van der Waals surface area contributed by atoms with Gasteiger partial charge in [-0.05, 0) is 67.1 Å². The molecule has 1 aromatic rings. The highest BCUT2D eigenvalue weighted by Gasteiger charge is 2.41. The summed E-state index contributed by atoms with van der Waals surface area (Å²) < 4.78 is 49.9. The van der Waals surface area contributed by atoms with E-state index in [0.29, 0.717) is 23.5 Å². The molecule has 0 aromatic carbocycles. The number of nitrogens with one attached hydrogen (secondary N) is 1. The summed E-state index contributed by atoms with van der Waals surface area (Å²) in [5.41, 5.74) is 3.44. The van der Waals surface area contributed by atoms with Gasteiger partial charge in [-0.15, -0.1) is 11.3 Å². The number of aromatic nitrogens is 1. The first-order valence-electron chi connectivity index (χ1n) is 14.8. The Labute approximate surface area is 277 Å². The highest BCUT2D eigenvalue weighted by Crippen LogP contribution is 2.20. The van der Waals surface area contributed by atoms with Crippen LogP contribution in [0, 0.1) is 0 Å². The minimum Gasteiger partial charge on any atom is -0.554 e. The molecule has 3 atom stereocenters. The molecule has 0 unspecified atom stereocenters. The number of nitrogens with zero attached hydrogens (tertiary/aromatic N) is 2. The van der Waals surface area contributed by atoms with Crippen molar-refractivity contribution < 1.29 is 46.9 Å². The fraction of sp³-hybridized carbons (Fsp3) is 0.485. The lowest BCUT2D eigenvalue weighted by Gasteiger charge is -2.21. The number of cyclic esters (lactones) is 2. The average Bonchev–Trinajstić information content (AvgIpc) is 3.40. The summed E-state index contributed by atoms with van der Waals surface area (Å²) in [4.78, 5) is 52.0. The standard InChI is InChI=1S/C32H42F3N3O5S.CH2O2/c1-21(15-16-38(5)6)13-14-23(3)18-26-19-28-36-25(20-44-28)10-8-11-27(37-31(41)32(33,34)35)30(40)42-24(4)17-22(2)9-7-12-29(39)43-26;2-1-3/h7,9,12-15,18,20,24,26-27H,8,10-11,16-17,19H2,1-6H3,(H,37,41);1H,(H,2,3)/p-1/b12-7-,14-13+,21-15+,22-9+,23-18+;/t24-,26+,27-;/m0./s1. The van der Waals surface area contributed by atoms with Crippen LogP contribution in [0.5, 0.6) is 0 Å². The maximum Gasteiger partial charge on any atom is 0.471 e. The number of hydrogen-bond acceptors (Lipinski definition) is 10. The number of carboxylic acid groups (broad SMARTS) is 1. The maximum absolute atomic E-state index is 12.9. The molecule has 1 aliphatic heterocycles. The maximum atomic E-state index is 12.9. The van der Waals surface area contributed by atoms with Crippen molar-refractivity contribution in [3.05, 3.63) is 75.3 Å². The fourth-order valence-electron chi connectivity index (χ4n) is 4.17. The predicted octanol–water partition coefficient (Wildman–Crippen LogP) is 4.18. The third-order valence-corrected chi connectivity index (χ3v) is 7.31. The first-order chi connectivity index (χ1) is 22.0. The van der Waals surface area contributed by atoms with Crippen molar-refractivity contribution in [2.45, 2.75) is 84.2 Å². The van der Waals surface area contributed by atoms with Crippen LogP contribution in [0.15, 0.2) is 64.6 Å². The second-order valence-corrected chi connectivity index (χ2v) is 12.1. The number of alkyl halides is 3. The molecule has 0 saturated heterocycles. The summed E-state index contributed by atoms with van der Waals surface area (Å²) >= 11 is 1.37. The molecule has 0 radical (unpaired) electrons. The van der Waals surface area contributed by atoms with E-state index in [1.807, 2.05) is 51.6 Å². The van der Waals surface area contributed by atoms with E-state index in [1.54, 1.807) is 25.2 Å². The van der Waals surface area contributed by atoms with E-state index in [9.17, 15) is 27.6 Å². The van der Waals surface area contributed by atoms with Gasteiger partial charge < -0.3 is 29.6 Å². The fourth-order valence-corrected chi connectivity index (χ4v) is 5.04. The SMILES string of the molecule is CC(/C=C/C(C)=C/[C@@H]1Cc2nc(cs2)CCC[C@H](NC(=O)C(F)(F)F)C(=O)O[C@@H](C)C/C(C)=C/C=C\C(=O)O1)=C\CN(C)C.O=C[O-]. The molecule has 47 heavy (non-hydrogen) atoms. The third-order valence-electron chi connectivity index (χ3n) is 6.39. The van der Waals surface area contributed by atoms with Gasteiger partial charge >= 0.3 is 24.0 Å². The minimum absolute atomic E-state index is 0.0608. The van der Waals surface area contributed by atoms with Gasteiger partial charge in [0.05, 0.1) is 10.7 Å². The Morgan fingerprint density at radius 1 is 1.17 bits per heavy atom. The molecule has 2 bridgehead atoms. The molecular formula is C33H43F3N3O7S-. The van der Waals surface area contributed by atoms with Crippen molar-refractivity contribution in [2.24, 2.45) is 0 Å². The summed E-state index contributed by atoms with van der Waals surface area (Å²) in [6.45, 7) is 7.62. The van der Waals surface area contributed by atoms with Crippen LogP contribution in [0.3, 0.4) is 0 Å². The molecule has 0 aliphatic carbocycles. The van der Waals surface area contributed by atoms with Crippen LogP contribution >= 0.6 is 11.3 Å². The molecule has 1 aliphatic rings. The van der Waals surface area contributed by atoms with Crippen LogP contribution in [-0.4, -0.2) is 79.3 Å². The number of fused-ring (bicyclic) bond motifs is 2. The number of halogens is 3. The number of ether oxygens (including phenoxy) is 2. The van der Waals surface area contributed by atoms with Gasteiger partial charge in [0.1, 0.15) is 18.2 Å². The van der Waals surface area contributed by atoms with Crippen LogP contribution in [-0.2, 0) is 41.5 Å². The Kier molecular flexibility index (Phi) is 18.3. The average molecular weight is 683 g/mol. The van der Waals surface area contributed by atoms with E-state index in [4.69, 9.17) is 19.4 Å². The van der Waals surface area contributed by atoms with Gasteiger partial charge in [-0.25, -0.2) is 14.6 Å². The number of aryl methyl sites for hydroxylation is 1. The van der Waals surface area contributed by atoms with Crippen LogP contribution in [0.1, 0.15) is 57.7 Å². The van der Waals surface area contributed by atoms with Gasteiger partial charge in [0.25, 0.3) is 0 Å². The van der Waals surface area contributed by atoms with Gasteiger partial charge in [0.15, 0.2) is 0 Å². The number of likely N-dealkylation sites (N-methyl/N-ethyl adjacent to an activating group) is 1.